The second-order valence-electron chi connectivity index (χ2n) is 1.79. The molecule has 0 radical (unpaired) electrons. The van der Waals surface area contributed by atoms with Crippen molar-refractivity contribution in [1.82, 2.24) is 0 Å². The molecule has 0 aromatic rings. The first-order chi connectivity index (χ1) is 4.70. The monoisotopic (exact) mass is 145 g/mol. The van der Waals surface area contributed by atoms with Crippen LogP contribution in [-0.2, 0) is 9.53 Å². The molecule has 0 amide bonds. The van der Waals surface area contributed by atoms with Gasteiger partial charge in [0.2, 0.25) is 0 Å². The standard InChI is InChI=1S/C6H11NO3/c1-5(4-8)10-6(9)2-3-7/h2-3,5,8H,4,7H2,1H3/b3-2+. The van der Waals surface area contributed by atoms with Crippen LogP contribution in [0.5, 0.6) is 0 Å². The third-order valence-electron chi connectivity index (χ3n) is 0.807. The van der Waals surface area contributed by atoms with E-state index in [1.165, 1.54) is 0 Å². The first-order valence-corrected chi connectivity index (χ1v) is 2.90. The Balaban J connectivity index is 3.57. The lowest BCUT2D eigenvalue weighted by molar-refractivity contribution is -0.143. The summed E-state index contributed by atoms with van der Waals surface area (Å²) in [7, 11) is 0. The molecule has 10 heavy (non-hydrogen) atoms. The molecule has 0 saturated heterocycles. The minimum atomic E-state index is -0.538. The molecule has 0 saturated carbocycles. The van der Waals surface area contributed by atoms with Crippen molar-refractivity contribution < 1.29 is 14.6 Å². The van der Waals surface area contributed by atoms with Gasteiger partial charge in [0.05, 0.1) is 6.61 Å². The topological polar surface area (TPSA) is 72.5 Å². The number of carbonyl (C=O) groups excluding carboxylic acids is 1. The van der Waals surface area contributed by atoms with E-state index in [2.05, 4.69) is 4.74 Å². The SMILES string of the molecule is CC(CO)OC(=O)/C=C/N. The van der Waals surface area contributed by atoms with Gasteiger partial charge < -0.3 is 15.6 Å². The van der Waals surface area contributed by atoms with E-state index in [0.717, 1.165) is 12.3 Å². The van der Waals surface area contributed by atoms with Crippen molar-refractivity contribution in [2.45, 2.75) is 13.0 Å². The van der Waals surface area contributed by atoms with E-state index in [4.69, 9.17) is 10.8 Å². The molecule has 58 valence electrons. The van der Waals surface area contributed by atoms with Gasteiger partial charge >= 0.3 is 5.97 Å². The summed E-state index contributed by atoms with van der Waals surface area (Å²) in [5, 5.41) is 8.42. The molecule has 0 spiro atoms. The van der Waals surface area contributed by atoms with Crippen molar-refractivity contribution in [2.24, 2.45) is 5.73 Å². The van der Waals surface area contributed by atoms with Gasteiger partial charge in [-0.15, -0.1) is 0 Å². The zero-order valence-corrected chi connectivity index (χ0v) is 5.78. The summed E-state index contributed by atoms with van der Waals surface area (Å²) in [6.07, 6.45) is 1.71. The van der Waals surface area contributed by atoms with Crippen LogP contribution in [0.4, 0.5) is 0 Å². The van der Waals surface area contributed by atoms with Gasteiger partial charge in [-0.1, -0.05) is 0 Å². The molecule has 0 heterocycles. The molecular formula is C6H11NO3. The van der Waals surface area contributed by atoms with Crippen molar-refractivity contribution in [1.29, 1.82) is 0 Å². The van der Waals surface area contributed by atoms with Gasteiger partial charge in [-0.2, -0.15) is 0 Å². The van der Waals surface area contributed by atoms with Crippen LogP contribution in [0.25, 0.3) is 0 Å². The summed E-state index contributed by atoms with van der Waals surface area (Å²) in [5.74, 6) is -0.538. The van der Waals surface area contributed by atoms with E-state index in [9.17, 15) is 4.79 Å². The second kappa shape index (κ2) is 4.81. The third kappa shape index (κ3) is 3.91. The maximum atomic E-state index is 10.5. The molecule has 0 aliphatic carbocycles. The number of rotatable bonds is 3. The Morgan fingerprint density at radius 1 is 1.90 bits per heavy atom. The minimum absolute atomic E-state index is 0.176. The van der Waals surface area contributed by atoms with E-state index in [1.54, 1.807) is 6.92 Å². The van der Waals surface area contributed by atoms with E-state index in [1.807, 2.05) is 0 Å². The zero-order valence-electron chi connectivity index (χ0n) is 5.78. The molecule has 0 rings (SSSR count). The lowest BCUT2D eigenvalue weighted by atomic mass is 10.4. The summed E-state index contributed by atoms with van der Waals surface area (Å²) in [5.41, 5.74) is 4.90. The fourth-order valence-electron chi connectivity index (χ4n) is 0.353. The molecule has 0 bridgehead atoms. The van der Waals surface area contributed by atoms with Crippen molar-refractivity contribution >= 4 is 5.97 Å². The number of aliphatic hydroxyl groups is 1. The van der Waals surface area contributed by atoms with Gasteiger partial charge in [0, 0.05) is 12.3 Å². The van der Waals surface area contributed by atoms with Gasteiger partial charge in [0.15, 0.2) is 0 Å². The minimum Gasteiger partial charge on any atom is -0.457 e. The zero-order chi connectivity index (χ0) is 7.98. The van der Waals surface area contributed by atoms with Crippen LogP contribution in [0, 0.1) is 0 Å². The maximum absolute atomic E-state index is 10.5. The number of nitrogens with two attached hydrogens (primary N) is 1. The van der Waals surface area contributed by atoms with Gasteiger partial charge in [0.25, 0.3) is 0 Å². The molecule has 3 N–H and O–H groups in total. The highest BCUT2D eigenvalue weighted by Gasteiger charge is 2.02. The third-order valence-corrected chi connectivity index (χ3v) is 0.807. The van der Waals surface area contributed by atoms with E-state index < -0.39 is 12.1 Å². The van der Waals surface area contributed by atoms with Crippen LogP contribution in [-0.4, -0.2) is 23.8 Å². The van der Waals surface area contributed by atoms with Gasteiger partial charge in [-0.05, 0) is 6.92 Å². The predicted octanol–water partition coefficient (Wildman–Crippen LogP) is -0.617. The summed E-state index contributed by atoms with van der Waals surface area (Å²) in [6, 6.07) is 0. The molecule has 0 aliphatic heterocycles. The number of carbonyl (C=O) groups is 1. The van der Waals surface area contributed by atoms with Crippen LogP contribution < -0.4 is 5.73 Å². The lowest BCUT2D eigenvalue weighted by Crippen LogP contribution is -2.16. The van der Waals surface area contributed by atoms with Crippen molar-refractivity contribution in [2.75, 3.05) is 6.61 Å². The van der Waals surface area contributed by atoms with E-state index in [-0.39, 0.29) is 6.61 Å². The van der Waals surface area contributed by atoms with Crippen LogP contribution in [0.15, 0.2) is 12.3 Å². The van der Waals surface area contributed by atoms with E-state index in [0.29, 0.717) is 0 Å². The summed E-state index contributed by atoms with van der Waals surface area (Å²) in [6.45, 7) is 1.41. The van der Waals surface area contributed by atoms with Crippen molar-refractivity contribution in [3.63, 3.8) is 0 Å². The summed E-state index contributed by atoms with van der Waals surface area (Å²) >= 11 is 0. The van der Waals surface area contributed by atoms with Crippen LogP contribution in [0.2, 0.25) is 0 Å². The van der Waals surface area contributed by atoms with Crippen molar-refractivity contribution in [3.8, 4) is 0 Å². The molecular weight excluding hydrogens is 134 g/mol. The highest BCUT2D eigenvalue weighted by Crippen LogP contribution is 1.89. The first kappa shape index (κ1) is 8.97. The Labute approximate surface area is 59.3 Å². The number of aliphatic hydroxyl groups excluding tert-OH is 1. The number of esters is 1. The highest BCUT2D eigenvalue weighted by atomic mass is 16.5. The number of hydrogen-bond donors (Lipinski definition) is 2. The molecule has 0 aromatic carbocycles. The Bertz CT molecular complexity index is 133. The van der Waals surface area contributed by atoms with Crippen LogP contribution >= 0.6 is 0 Å². The average molecular weight is 145 g/mol. The summed E-state index contributed by atoms with van der Waals surface area (Å²) < 4.78 is 4.58. The number of ether oxygens (including phenoxy) is 1. The Morgan fingerprint density at radius 2 is 2.50 bits per heavy atom. The Kier molecular flexibility index (Phi) is 4.32. The molecule has 4 heteroatoms. The van der Waals surface area contributed by atoms with Gasteiger partial charge in [0.1, 0.15) is 6.10 Å². The summed E-state index contributed by atoms with van der Waals surface area (Å²) in [4.78, 5) is 10.5. The first-order valence-electron chi connectivity index (χ1n) is 2.90. The fourth-order valence-corrected chi connectivity index (χ4v) is 0.353. The van der Waals surface area contributed by atoms with E-state index >= 15 is 0 Å². The van der Waals surface area contributed by atoms with Crippen LogP contribution in [0.1, 0.15) is 6.92 Å². The average Bonchev–Trinajstić information content (AvgIpc) is 1.88. The number of hydrogen-bond acceptors (Lipinski definition) is 4. The molecule has 1 atom stereocenters. The smallest absolute Gasteiger partial charge is 0.332 e. The van der Waals surface area contributed by atoms with Gasteiger partial charge in [-0.3, -0.25) is 0 Å². The molecule has 4 nitrogen and oxygen atoms in total. The second-order valence-corrected chi connectivity index (χ2v) is 1.79. The highest BCUT2D eigenvalue weighted by molar-refractivity contribution is 5.81. The Hall–Kier alpha value is -1.03. The Morgan fingerprint density at radius 3 is 2.90 bits per heavy atom. The predicted molar refractivity (Wildman–Crippen MR) is 36.0 cm³/mol. The van der Waals surface area contributed by atoms with Crippen LogP contribution in [0.3, 0.4) is 0 Å². The fraction of sp³-hybridized carbons (Fsp3) is 0.500. The molecule has 0 aliphatic rings. The molecule has 0 fully saturated rings. The normalized spacial score (nSPS) is 13.4. The largest absolute Gasteiger partial charge is 0.457 e. The van der Waals surface area contributed by atoms with Gasteiger partial charge in [-0.25, -0.2) is 4.79 Å². The quantitative estimate of drug-likeness (QED) is 0.410. The molecule has 0 aromatic heterocycles. The lowest BCUT2D eigenvalue weighted by Gasteiger charge is -2.06. The maximum Gasteiger partial charge on any atom is 0.332 e. The molecule has 1 unspecified atom stereocenters. The van der Waals surface area contributed by atoms with Crippen molar-refractivity contribution in [3.05, 3.63) is 12.3 Å².